The molecule has 2 heterocycles. The minimum atomic E-state index is -0.993. The molecule has 5 atom stereocenters. The van der Waals surface area contributed by atoms with Crippen LogP contribution in [0.2, 0.25) is 0 Å². The van der Waals surface area contributed by atoms with Gasteiger partial charge in [-0.1, -0.05) is 26.3 Å². The first kappa shape index (κ1) is 11.7. The van der Waals surface area contributed by atoms with Crippen LogP contribution in [0.1, 0.15) is 47.0 Å². The standard InChI is InChI=1S/C15H24O2/c1-9(2)13-8-14-11(4)5-6-12(14)10(3)7-15(13,16)17-14/h7,9,11-13,16H,5-6,8H2,1-4H3. The molecule has 1 aliphatic carbocycles. The van der Waals surface area contributed by atoms with Gasteiger partial charge in [-0.15, -0.1) is 0 Å². The summed E-state index contributed by atoms with van der Waals surface area (Å²) >= 11 is 0. The Morgan fingerprint density at radius 2 is 2.12 bits per heavy atom. The number of ether oxygens (including phenoxy) is 1. The van der Waals surface area contributed by atoms with E-state index in [1.54, 1.807) is 0 Å². The van der Waals surface area contributed by atoms with Gasteiger partial charge in [0.2, 0.25) is 0 Å². The molecule has 1 saturated heterocycles. The third-order valence-corrected chi connectivity index (χ3v) is 5.52. The highest BCUT2D eigenvalue weighted by molar-refractivity contribution is 5.27. The van der Waals surface area contributed by atoms with E-state index in [-0.39, 0.29) is 11.5 Å². The summed E-state index contributed by atoms with van der Waals surface area (Å²) in [5.41, 5.74) is 1.29. The van der Waals surface area contributed by atoms with Gasteiger partial charge < -0.3 is 9.84 Å². The fraction of sp³-hybridized carbons (Fsp3) is 0.867. The second-order valence-corrected chi connectivity index (χ2v) is 6.78. The van der Waals surface area contributed by atoms with Gasteiger partial charge >= 0.3 is 0 Å². The average molecular weight is 236 g/mol. The minimum absolute atomic E-state index is 0.0669. The monoisotopic (exact) mass is 236 g/mol. The molecule has 0 aromatic carbocycles. The molecule has 1 saturated carbocycles. The molecule has 0 radical (unpaired) electrons. The van der Waals surface area contributed by atoms with Crippen LogP contribution in [0.15, 0.2) is 11.6 Å². The fourth-order valence-electron chi connectivity index (χ4n) is 4.57. The van der Waals surface area contributed by atoms with E-state index in [4.69, 9.17) is 4.74 Å². The molecular weight excluding hydrogens is 212 g/mol. The Bertz CT molecular complexity index is 373. The Kier molecular flexibility index (Phi) is 2.32. The molecule has 2 heteroatoms. The topological polar surface area (TPSA) is 29.5 Å². The Balaban J connectivity index is 2.08. The first-order valence-electron chi connectivity index (χ1n) is 7.01. The van der Waals surface area contributed by atoms with E-state index in [1.807, 2.05) is 6.08 Å². The van der Waals surface area contributed by atoms with Gasteiger partial charge in [0.1, 0.15) is 0 Å². The Morgan fingerprint density at radius 3 is 2.76 bits per heavy atom. The van der Waals surface area contributed by atoms with Gasteiger partial charge in [-0.05, 0) is 44.1 Å². The van der Waals surface area contributed by atoms with Crippen LogP contribution in [0.4, 0.5) is 0 Å². The van der Waals surface area contributed by atoms with Crippen molar-refractivity contribution in [3.63, 3.8) is 0 Å². The molecule has 96 valence electrons. The summed E-state index contributed by atoms with van der Waals surface area (Å²) in [5.74, 6) is 0.846. The highest BCUT2D eigenvalue weighted by atomic mass is 16.6. The summed E-state index contributed by atoms with van der Waals surface area (Å²) in [5, 5.41) is 10.8. The second-order valence-electron chi connectivity index (χ2n) is 6.78. The van der Waals surface area contributed by atoms with Crippen LogP contribution in [0.25, 0.3) is 0 Å². The molecule has 2 fully saturated rings. The predicted molar refractivity (Wildman–Crippen MR) is 67.4 cm³/mol. The van der Waals surface area contributed by atoms with E-state index >= 15 is 0 Å². The lowest BCUT2D eigenvalue weighted by atomic mass is 9.76. The van der Waals surface area contributed by atoms with Gasteiger partial charge in [0.05, 0.1) is 5.60 Å². The number of rotatable bonds is 1. The van der Waals surface area contributed by atoms with Crippen LogP contribution >= 0.6 is 0 Å². The quantitative estimate of drug-likeness (QED) is 0.709. The van der Waals surface area contributed by atoms with Gasteiger partial charge in [0.15, 0.2) is 5.79 Å². The molecule has 3 aliphatic rings. The van der Waals surface area contributed by atoms with Crippen molar-refractivity contribution < 1.29 is 9.84 Å². The molecular formula is C15H24O2. The van der Waals surface area contributed by atoms with E-state index in [9.17, 15) is 5.11 Å². The predicted octanol–water partition coefficient (Wildman–Crippen LogP) is 3.11. The third kappa shape index (κ3) is 1.34. The van der Waals surface area contributed by atoms with Gasteiger partial charge in [-0.3, -0.25) is 0 Å². The lowest BCUT2D eigenvalue weighted by molar-refractivity contribution is -0.233. The largest absolute Gasteiger partial charge is 0.362 e. The zero-order valence-electron chi connectivity index (χ0n) is 11.4. The molecule has 1 spiro atoms. The Hall–Kier alpha value is -0.340. The first-order valence-corrected chi connectivity index (χ1v) is 7.01. The molecule has 0 aromatic rings. The highest BCUT2D eigenvalue weighted by Crippen LogP contribution is 2.61. The minimum Gasteiger partial charge on any atom is -0.362 e. The maximum atomic E-state index is 10.8. The van der Waals surface area contributed by atoms with Crippen molar-refractivity contribution in [2.75, 3.05) is 0 Å². The molecule has 1 N–H and O–H groups in total. The average Bonchev–Trinajstić information content (AvgIpc) is 2.65. The maximum Gasteiger partial charge on any atom is 0.189 e. The van der Waals surface area contributed by atoms with Crippen LogP contribution in [0, 0.1) is 23.7 Å². The molecule has 3 rings (SSSR count). The van der Waals surface area contributed by atoms with Crippen molar-refractivity contribution in [2.45, 2.75) is 58.3 Å². The van der Waals surface area contributed by atoms with E-state index in [0.717, 1.165) is 6.42 Å². The molecule has 2 nitrogen and oxygen atoms in total. The smallest absolute Gasteiger partial charge is 0.189 e. The first-order chi connectivity index (χ1) is 7.89. The number of fused-ring (bicyclic) bond motifs is 1. The number of hydrogen-bond acceptors (Lipinski definition) is 2. The normalized spacial score (nSPS) is 52.8. The Labute approximate surface area is 104 Å². The van der Waals surface area contributed by atoms with E-state index in [1.165, 1.54) is 18.4 Å². The van der Waals surface area contributed by atoms with Crippen molar-refractivity contribution >= 4 is 0 Å². The van der Waals surface area contributed by atoms with E-state index in [2.05, 4.69) is 27.7 Å². The van der Waals surface area contributed by atoms with Crippen LogP contribution in [0.5, 0.6) is 0 Å². The summed E-state index contributed by atoms with van der Waals surface area (Å²) in [6.07, 6.45) is 5.49. The van der Waals surface area contributed by atoms with Gasteiger partial charge in [0.25, 0.3) is 0 Å². The summed E-state index contributed by atoms with van der Waals surface area (Å²) in [4.78, 5) is 0. The van der Waals surface area contributed by atoms with Crippen molar-refractivity contribution in [1.29, 1.82) is 0 Å². The zero-order chi connectivity index (χ0) is 12.4. The van der Waals surface area contributed by atoms with Crippen LogP contribution in [-0.2, 0) is 4.74 Å². The maximum absolute atomic E-state index is 10.8. The van der Waals surface area contributed by atoms with Crippen molar-refractivity contribution in [3.8, 4) is 0 Å². The third-order valence-electron chi connectivity index (χ3n) is 5.52. The molecule has 5 unspecified atom stereocenters. The van der Waals surface area contributed by atoms with E-state index < -0.39 is 5.79 Å². The lowest BCUT2D eigenvalue weighted by Crippen LogP contribution is -2.46. The molecule has 2 bridgehead atoms. The number of aliphatic hydroxyl groups is 1. The van der Waals surface area contributed by atoms with Crippen molar-refractivity contribution in [3.05, 3.63) is 11.6 Å². The number of hydrogen-bond donors (Lipinski definition) is 1. The summed E-state index contributed by atoms with van der Waals surface area (Å²) in [6.45, 7) is 8.86. The highest BCUT2D eigenvalue weighted by Gasteiger charge is 2.64. The van der Waals surface area contributed by atoms with Crippen LogP contribution in [-0.4, -0.2) is 16.5 Å². The van der Waals surface area contributed by atoms with E-state index in [0.29, 0.717) is 17.8 Å². The molecule has 0 aromatic heterocycles. The fourth-order valence-corrected chi connectivity index (χ4v) is 4.57. The van der Waals surface area contributed by atoms with Crippen molar-refractivity contribution in [1.82, 2.24) is 0 Å². The van der Waals surface area contributed by atoms with Crippen LogP contribution < -0.4 is 0 Å². The molecule has 0 amide bonds. The summed E-state index contributed by atoms with van der Waals surface area (Å²) in [6, 6.07) is 0. The Morgan fingerprint density at radius 1 is 1.41 bits per heavy atom. The second kappa shape index (κ2) is 3.36. The summed E-state index contributed by atoms with van der Waals surface area (Å²) in [7, 11) is 0. The van der Waals surface area contributed by atoms with Crippen LogP contribution in [0.3, 0.4) is 0 Å². The summed E-state index contributed by atoms with van der Waals surface area (Å²) < 4.78 is 6.23. The molecule has 17 heavy (non-hydrogen) atoms. The van der Waals surface area contributed by atoms with Gasteiger partial charge in [0, 0.05) is 11.8 Å². The lowest BCUT2D eigenvalue weighted by Gasteiger charge is -2.41. The van der Waals surface area contributed by atoms with Crippen molar-refractivity contribution in [2.24, 2.45) is 23.7 Å². The van der Waals surface area contributed by atoms with Gasteiger partial charge in [-0.25, -0.2) is 0 Å². The SMILES string of the molecule is CC1=CC2(O)OC3(CC2C(C)C)C(C)CCC13. The molecule has 2 aliphatic heterocycles. The zero-order valence-corrected chi connectivity index (χ0v) is 11.4. The van der Waals surface area contributed by atoms with Gasteiger partial charge in [-0.2, -0.15) is 0 Å².